The van der Waals surface area contributed by atoms with Crippen molar-refractivity contribution in [2.24, 2.45) is 0 Å². The van der Waals surface area contributed by atoms with Gasteiger partial charge in [-0.2, -0.15) is 5.06 Å². The summed E-state index contributed by atoms with van der Waals surface area (Å²) >= 11 is 0. The number of hydrogen-bond donors (Lipinski definition) is 1. The van der Waals surface area contributed by atoms with Crippen molar-refractivity contribution in [3.63, 3.8) is 0 Å². The fourth-order valence-corrected chi connectivity index (χ4v) is 0.379. The zero-order valence-electron chi connectivity index (χ0n) is 5.59. The quantitative estimate of drug-likeness (QED) is 0.438. The van der Waals surface area contributed by atoms with Crippen LogP contribution in [0.4, 0.5) is 0 Å². The lowest BCUT2D eigenvalue weighted by Gasteiger charge is -2.18. The van der Waals surface area contributed by atoms with Gasteiger partial charge in [0.1, 0.15) is 6.23 Å². The van der Waals surface area contributed by atoms with Crippen LogP contribution in [0.3, 0.4) is 0 Å². The number of hydrogen-bond acceptors (Lipinski definition) is 3. The third-order valence-electron chi connectivity index (χ3n) is 1.08. The van der Waals surface area contributed by atoms with E-state index >= 15 is 0 Å². The molecule has 0 aromatic carbocycles. The summed E-state index contributed by atoms with van der Waals surface area (Å²) in [5.74, 6) is 0. The first-order valence-electron chi connectivity index (χ1n) is 2.70. The topological polar surface area (TPSA) is 32.7 Å². The summed E-state index contributed by atoms with van der Waals surface area (Å²) in [6.45, 7) is 4.23. The lowest BCUT2D eigenvalue weighted by Crippen LogP contribution is -2.30. The van der Waals surface area contributed by atoms with Gasteiger partial charge in [-0.05, 0) is 13.8 Å². The highest BCUT2D eigenvalue weighted by Crippen LogP contribution is 1.91. The largest absolute Gasteiger partial charge is 0.365 e. The Bertz CT molecular complexity index is 50.4. The van der Waals surface area contributed by atoms with E-state index in [2.05, 4.69) is 0 Å². The van der Waals surface area contributed by atoms with Crippen LogP contribution < -0.4 is 0 Å². The van der Waals surface area contributed by atoms with Gasteiger partial charge < -0.3 is 9.94 Å². The first kappa shape index (κ1) is 7.88. The Kier molecular flexibility index (Phi) is 3.77. The van der Waals surface area contributed by atoms with E-state index < -0.39 is 0 Å². The third kappa shape index (κ3) is 2.26. The van der Waals surface area contributed by atoms with Gasteiger partial charge in [0.25, 0.3) is 0 Å². The van der Waals surface area contributed by atoms with Gasteiger partial charge in [0.15, 0.2) is 0 Å². The molecule has 0 amide bonds. The molecule has 1 N–H and O–H groups in total. The molecule has 0 fully saturated rings. The molecule has 8 heavy (non-hydrogen) atoms. The zero-order chi connectivity index (χ0) is 6.57. The van der Waals surface area contributed by atoms with Crippen molar-refractivity contribution in [3.8, 4) is 0 Å². The van der Waals surface area contributed by atoms with Crippen LogP contribution in [0.5, 0.6) is 0 Å². The van der Waals surface area contributed by atoms with Crippen LogP contribution in [0.2, 0.25) is 0 Å². The predicted molar refractivity (Wildman–Crippen MR) is 30.6 cm³/mol. The van der Waals surface area contributed by atoms with Crippen molar-refractivity contribution in [1.29, 1.82) is 0 Å². The van der Waals surface area contributed by atoms with Crippen LogP contribution in [0, 0.1) is 0 Å². The fraction of sp³-hybridized carbons (Fsp3) is 1.00. The van der Waals surface area contributed by atoms with Crippen LogP contribution in [0.1, 0.15) is 13.8 Å². The second kappa shape index (κ2) is 3.83. The molecule has 0 aromatic rings. The Balaban J connectivity index is 3.29. The van der Waals surface area contributed by atoms with Gasteiger partial charge in [-0.25, -0.2) is 0 Å². The Labute approximate surface area is 49.8 Å². The molecule has 0 radical (unpaired) electrons. The normalized spacial score (nSPS) is 14.6. The number of nitrogens with zero attached hydrogens (tertiary/aromatic N) is 1. The van der Waals surface area contributed by atoms with Gasteiger partial charge in [0.05, 0.1) is 0 Å². The molecule has 3 nitrogen and oxygen atoms in total. The van der Waals surface area contributed by atoms with E-state index in [-0.39, 0.29) is 6.23 Å². The standard InChI is InChI=1S/C5H13NO2/c1-4-6(7)5(2)8-3/h5,7H,4H2,1-3H3. The van der Waals surface area contributed by atoms with Crippen molar-refractivity contribution >= 4 is 0 Å². The second-order valence-corrected chi connectivity index (χ2v) is 1.59. The van der Waals surface area contributed by atoms with Crippen molar-refractivity contribution in [1.82, 2.24) is 5.06 Å². The molecule has 0 spiro atoms. The fourth-order valence-electron chi connectivity index (χ4n) is 0.379. The number of hydroxylamine groups is 2. The summed E-state index contributed by atoms with van der Waals surface area (Å²) in [5, 5.41) is 9.96. The van der Waals surface area contributed by atoms with Gasteiger partial charge in [-0.15, -0.1) is 0 Å². The minimum atomic E-state index is -0.194. The molecular formula is C5H13NO2. The highest BCUT2D eigenvalue weighted by atomic mass is 16.6. The maximum atomic E-state index is 8.83. The van der Waals surface area contributed by atoms with Gasteiger partial charge in [0, 0.05) is 13.7 Å². The lowest BCUT2D eigenvalue weighted by atomic mass is 10.6. The van der Waals surface area contributed by atoms with E-state index in [0.717, 1.165) is 5.06 Å². The Hall–Kier alpha value is -0.120. The van der Waals surface area contributed by atoms with Gasteiger partial charge >= 0.3 is 0 Å². The summed E-state index contributed by atoms with van der Waals surface area (Å²) in [7, 11) is 1.56. The Morgan fingerprint density at radius 3 is 2.38 bits per heavy atom. The van der Waals surface area contributed by atoms with E-state index in [1.165, 1.54) is 0 Å². The van der Waals surface area contributed by atoms with Crippen LogP contribution in [0.25, 0.3) is 0 Å². The minimum absolute atomic E-state index is 0.194. The Morgan fingerprint density at radius 1 is 1.75 bits per heavy atom. The molecule has 3 heteroatoms. The number of rotatable bonds is 3. The number of methoxy groups -OCH3 is 1. The minimum Gasteiger partial charge on any atom is -0.365 e. The molecule has 0 aliphatic rings. The molecule has 1 atom stereocenters. The molecule has 0 rings (SSSR count). The molecule has 0 heterocycles. The average Bonchev–Trinajstić information content (AvgIpc) is 1.84. The van der Waals surface area contributed by atoms with Gasteiger partial charge in [0.2, 0.25) is 0 Å². The van der Waals surface area contributed by atoms with Crippen molar-refractivity contribution < 1.29 is 9.94 Å². The van der Waals surface area contributed by atoms with Crippen molar-refractivity contribution in [3.05, 3.63) is 0 Å². The molecule has 0 aromatic heterocycles. The summed E-state index contributed by atoms with van der Waals surface area (Å²) in [4.78, 5) is 0. The third-order valence-corrected chi connectivity index (χ3v) is 1.08. The van der Waals surface area contributed by atoms with E-state index in [1.54, 1.807) is 14.0 Å². The van der Waals surface area contributed by atoms with Crippen molar-refractivity contribution in [2.45, 2.75) is 20.1 Å². The number of ether oxygens (including phenoxy) is 1. The second-order valence-electron chi connectivity index (χ2n) is 1.59. The highest BCUT2D eigenvalue weighted by molar-refractivity contribution is 4.38. The molecule has 1 unspecified atom stereocenters. The summed E-state index contributed by atoms with van der Waals surface area (Å²) in [6, 6.07) is 0. The van der Waals surface area contributed by atoms with E-state index in [1.807, 2.05) is 6.92 Å². The molecule has 0 aliphatic heterocycles. The molecule has 0 aliphatic carbocycles. The van der Waals surface area contributed by atoms with Gasteiger partial charge in [-0.3, -0.25) is 0 Å². The van der Waals surface area contributed by atoms with Crippen LogP contribution >= 0.6 is 0 Å². The smallest absolute Gasteiger partial charge is 0.129 e. The lowest BCUT2D eigenvalue weighted by molar-refractivity contribution is -0.196. The average molecular weight is 119 g/mol. The zero-order valence-corrected chi connectivity index (χ0v) is 5.59. The van der Waals surface area contributed by atoms with E-state index in [4.69, 9.17) is 9.94 Å². The van der Waals surface area contributed by atoms with Gasteiger partial charge in [-0.1, -0.05) is 0 Å². The van der Waals surface area contributed by atoms with E-state index in [0.29, 0.717) is 6.54 Å². The molecule has 50 valence electrons. The summed E-state index contributed by atoms with van der Waals surface area (Å²) in [6.07, 6.45) is -0.194. The first-order valence-corrected chi connectivity index (χ1v) is 2.70. The molecule has 0 saturated carbocycles. The molecular weight excluding hydrogens is 106 g/mol. The highest BCUT2D eigenvalue weighted by Gasteiger charge is 2.04. The van der Waals surface area contributed by atoms with Crippen LogP contribution in [0.15, 0.2) is 0 Å². The van der Waals surface area contributed by atoms with E-state index in [9.17, 15) is 0 Å². The SMILES string of the molecule is CCN(O)C(C)OC. The molecule has 0 saturated heterocycles. The Morgan fingerprint density at radius 2 is 2.25 bits per heavy atom. The van der Waals surface area contributed by atoms with Crippen LogP contribution in [-0.2, 0) is 4.74 Å². The monoisotopic (exact) mass is 119 g/mol. The van der Waals surface area contributed by atoms with Crippen molar-refractivity contribution in [2.75, 3.05) is 13.7 Å². The maximum absolute atomic E-state index is 8.83. The molecule has 0 bridgehead atoms. The first-order chi connectivity index (χ1) is 3.72. The summed E-state index contributed by atoms with van der Waals surface area (Å²) < 4.78 is 4.78. The predicted octanol–water partition coefficient (Wildman–Crippen LogP) is 0.690. The van der Waals surface area contributed by atoms with Crippen LogP contribution in [-0.4, -0.2) is 30.2 Å². The summed E-state index contributed by atoms with van der Waals surface area (Å²) in [5.41, 5.74) is 0. The maximum Gasteiger partial charge on any atom is 0.129 e.